The number of sulfone groups is 1. The highest BCUT2D eigenvalue weighted by molar-refractivity contribution is 7.90. The van der Waals surface area contributed by atoms with Crippen molar-refractivity contribution in [2.45, 2.75) is 29.3 Å². The molecule has 202 valence electrons. The summed E-state index contributed by atoms with van der Waals surface area (Å²) < 4.78 is 53.0. The van der Waals surface area contributed by atoms with Crippen molar-refractivity contribution < 1.29 is 21.6 Å². The molecule has 0 atom stereocenters. The maximum absolute atomic E-state index is 13.0. The highest BCUT2D eigenvalue weighted by atomic mass is 35.5. The first-order valence-electron chi connectivity index (χ1n) is 11.7. The summed E-state index contributed by atoms with van der Waals surface area (Å²) in [5, 5.41) is 1.90. The predicted octanol–water partition coefficient (Wildman–Crippen LogP) is 4.49. The minimum absolute atomic E-state index is 0.0449. The van der Waals surface area contributed by atoms with Crippen molar-refractivity contribution in [3.05, 3.63) is 112 Å². The molecule has 0 fully saturated rings. The van der Waals surface area contributed by atoms with E-state index in [2.05, 4.69) is 15.3 Å². The highest BCUT2D eigenvalue weighted by Crippen LogP contribution is 2.22. The monoisotopic (exact) mass is 584 g/mol. The molecule has 4 aromatic rings. The van der Waals surface area contributed by atoms with Crippen molar-refractivity contribution in [1.29, 1.82) is 0 Å². The van der Waals surface area contributed by atoms with Gasteiger partial charge in [-0.05, 0) is 42.3 Å². The molecule has 1 amide bonds. The number of aromatic nitrogens is 2. The van der Waals surface area contributed by atoms with Crippen LogP contribution >= 0.6 is 11.6 Å². The summed E-state index contributed by atoms with van der Waals surface area (Å²) in [6, 6.07) is 21.8. The van der Waals surface area contributed by atoms with Gasteiger partial charge in [0.25, 0.3) is 5.91 Å². The lowest BCUT2D eigenvalue weighted by Gasteiger charge is -2.17. The SMILES string of the molecule is Cc1cccc(CS(=O)(=O)c2ncc(Cl)c(C(=O)Nc3ccc(S(=O)(=O)N(C)Cc4ccccc4)cc3)n2)c1. The zero-order chi connectivity index (χ0) is 28.2. The largest absolute Gasteiger partial charge is 0.321 e. The van der Waals surface area contributed by atoms with Gasteiger partial charge < -0.3 is 5.32 Å². The standard InChI is InChI=1S/C27H25ClN4O5S2/c1-19-7-6-10-21(15-19)18-38(34,35)27-29-16-24(28)25(31-27)26(33)30-22-11-13-23(14-12-22)39(36,37)32(2)17-20-8-4-3-5-9-20/h3-16H,17-18H2,1-2H3,(H,30,33). The van der Waals surface area contributed by atoms with Crippen molar-refractivity contribution in [3.63, 3.8) is 0 Å². The molecule has 0 unspecified atom stereocenters. The van der Waals surface area contributed by atoms with E-state index in [0.29, 0.717) is 5.56 Å². The molecule has 0 spiro atoms. The van der Waals surface area contributed by atoms with Crippen LogP contribution in [0, 0.1) is 6.92 Å². The average Bonchev–Trinajstić information content (AvgIpc) is 2.89. The topological polar surface area (TPSA) is 126 Å². The third kappa shape index (κ3) is 6.87. The van der Waals surface area contributed by atoms with Crippen LogP contribution in [-0.2, 0) is 32.2 Å². The van der Waals surface area contributed by atoms with Crippen LogP contribution in [0.2, 0.25) is 5.02 Å². The molecule has 1 heterocycles. The highest BCUT2D eigenvalue weighted by Gasteiger charge is 2.24. The Morgan fingerprint density at radius 1 is 0.923 bits per heavy atom. The average molecular weight is 585 g/mol. The molecule has 0 aliphatic heterocycles. The van der Waals surface area contributed by atoms with Crippen molar-refractivity contribution in [3.8, 4) is 0 Å². The van der Waals surface area contributed by atoms with Crippen molar-refractivity contribution in [2.75, 3.05) is 12.4 Å². The number of nitrogens with zero attached hydrogens (tertiary/aromatic N) is 3. The fourth-order valence-corrected chi connectivity index (χ4v) is 6.28. The molecule has 0 aliphatic carbocycles. The van der Waals surface area contributed by atoms with Gasteiger partial charge in [-0.3, -0.25) is 4.79 Å². The van der Waals surface area contributed by atoms with Crippen LogP contribution in [0.1, 0.15) is 27.2 Å². The van der Waals surface area contributed by atoms with E-state index in [-0.39, 0.29) is 33.6 Å². The van der Waals surface area contributed by atoms with Gasteiger partial charge in [-0.25, -0.2) is 26.8 Å². The lowest BCUT2D eigenvalue weighted by molar-refractivity contribution is 0.102. The Kier molecular flexibility index (Phi) is 8.45. The minimum Gasteiger partial charge on any atom is -0.321 e. The molecular weight excluding hydrogens is 560 g/mol. The maximum atomic E-state index is 13.0. The Morgan fingerprint density at radius 2 is 1.59 bits per heavy atom. The van der Waals surface area contributed by atoms with E-state index in [0.717, 1.165) is 17.3 Å². The summed E-state index contributed by atoms with van der Waals surface area (Å²) in [5.74, 6) is -1.11. The van der Waals surface area contributed by atoms with E-state index in [1.807, 2.05) is 43.3 Å². The van der Waals surface area contributed by atoms with Crippen molar-refractivity contribution in [1.82, 2.24) is 14.3 Å². The Morgan fingerprint density at radius 3 is 2.26 bits per heavy atom. The first-order chi connectivity index (χ1) is 18.5. The van der Waals surface area contributed by atoms with Crippen LogP contribution in [0.25, 0.3) is 0 Å². The number of hydrogen-bond donors (Lipinski definition) is 1. The molecule has 0 aliphatic rings. The molecule has 4 rings (SSSR count). The Labute approximate surface area is 232 Å². The number of benzene rings is 3. The normalized spacial score (nSPS) is 11.9. The number of aryl methyl sites for hydroxylation is 1. The smallest absolute Gasteiger partial charge is 0.275 e. The molecule has 12 heteroatoms. The fraction of sp³-hybridized carbons (Fsp3) is 0.148. The summed E-state index contributed by atoms with van der Waals surface area (Å²) in [6.07, 6.45) is 1.06. The van der Waals surface area contributed by atoms with E-state index < -0.39 is 30.9 Å². The van der Waals surface area contributed by atoms with E-state index in [9.17, 15) is 21.6 Å². The molecule has 1 N–H and O–H groups in total. The molecule has 0 bridgehead atoms. The molecule has 0 saturated carbocycles. The number of nitrogens with one attached hydrogen (secondary N) is 1. The van der Waals surface area contributed by atoms with Crippen molar-refractivity contribution in [2.24, 2.45) is 0 Å². The predicted molar refractivity (Wildman–Crippen MR) is 149 cm³/mol. The quantitative estimate of drug-likeness (QED) is 0.287. The van der Waals surface area contributed by atoms with Gasteiger partial charge >= 0.3 is 0 Å². The van der Waals surface area contributed by atoms with Gasteiger partial charge in [-0.1, -0.05) is 71.8 Å². The van der Waals surface area contributed by atoms with Crippen LogP contribution in [0.4, 0.5) is 5.69 Å². The van der Waals surface area contributed by atoms with Crippen LogP contribution < -0.4 is 5.32 Å². The Balaban J connectivity index is 1.49. The van der Waals surface area contributed by atoms with Crippen LogP contribution in [0.5, 0.6) is 0 Å². The fourth-order valence-electron chi connectivity index (χ4n) is 3.75. The number of carbonyl (C=O) groups is 1. The van der Waals surface area contributed by atoms with Gasteiger partial charge in [0.2, 0.25) is 25.0 Å². The van der Waals surface area contributed by atoms with Gasteiger partial charge in [-0.15, -0.1) is 0 Å². The molecule has 9 nitrogen and oxygen atoms in total. The van der Waals surface area contributed by atoms with Crippen LogP contribution in [0.3, 0.4) is 0 Å². The third-order valence-electron chi connectivity index (χ3n) is 5.72. The van der Waals surface area contributed by atoms with Crippen LogP contribution in [0.15, 0.2) is 95.1 Å². The number of halogens is 1. The number of carbonyl (C=O) groups excluding carboxylic acids is 1. The van der Waals surface area contributed by atoms with E-state index >= 15 is 0 Å². The maximum Gasteiger partial charge on any atom is 0.275 e. The first-order valence-corrected chi connectivity index (χ1v) is 15.2. The zero-order valence-corrected chi connectivity index (χ0v) is 23.5. The minimum atomic E-state index is -3.96. The second kappa shape index (κ2) is 11.6. The number of amides is 1. The zero-order valence-electron chi connectivity index (χ0n) is 21.1. The molecular formula is C27H25ClN4O5S2. The molecule has 39 heavy (non-hydrogen) atoms. The summed E-state index contributed by atoms with van der Waals surface area (Å²) in [5.41, 5.74) is 2.25. The third-order valence-corrected chi connectivity index (χ3v) is 9.28. The summed E-state index contributed by atoms with van der Waals surface area (Å²) in [6.45, 7) is 2.05. The van der Waals surface area contributed by atoms with Gasteiger partial charge in [0.15, 0.2) is 5.69 Å². The lowest BCUT2D eigenvalue weighted by Crippen LogP contribution is -2.26. The van der Waals surface area contributed by atoms with Gasteiger partial charge in [0.1, 0.15) is 0 Å². The number of hydrogen-bond acceptors (Lipinski definition) is 7. The van der Waals surface area contributed by atoms with E-state index in [4.69, 9.17) is 11.6 Å². The molecule has 3 aromatic carbocycles. The molecule has 0 radical (unpaired) electrons. The lowest BCUT2D eigenvalue weighted by atomic mass is 10.2. The number of rotatable bonds is 9. The van der Waals surface area contributed by atoms with Gasteiger partial charge in [0.05, 0.1) is 21.9 Å². The Bertz CT molecular complexity index is 1710. The van der Waals surface area contributed by atoms with Crippen LogP contribution in [-0.4, -0.2) is 44.1 Å². The van der Waals surface area contributed by atoms with Crippen molar-refractivity contribution >= 4 is 43.1 Å². The van der Waals surface area contributed by atoms with Gasteiger partial charge in [-0.2, -0.15) is 4.31 Å². The van der Waals surface area contributed by atoms with E-state index in [1.165, 1.54) is 35.6 Å². The number of anilines is 1. The van der Waals surface area contributed by atoms with E-state index in [1.54, 1.807) is 18.2 Å². The first kappa shape index (κ1) is 28.4. The molecule has 1 aromatic heterocycles. The second-order valence-corrected chi connectivity index (χ2v) is 13.2. The Hall–Kier alpha value is -3.64. The summed E-state index contributed by atoms with van der Waals surface area (Å²) >= 11 is 6.11. The second-order valence-electron chi connectivity index (χ2n) is 8.82. The summed E-state index contributed by atoms with van der Waals surface area (Å²) in [4.78, 5) is 20.7. The summed E-state index contributed by atoms with van der Waals surface area (Å²) in [7, 11) is -6.25. The van der Waals surface area contributed by atoms with Gasteiger partial charge in [0, 0.05) is 19.3 Å². The molecule has 0 saturated heterocycles. The number of sulfonamides is 1.